The van der Waals surface area contributed by atoms with Crippen LogP contribution >= 0.6 is 0 Å². The molecule has 1 amide bonds. The van der Waals surface area contributed by atoms with Gasteiger partial charge >= 0.3 is 0 Å². The molecule has 0 saturated carbocycles. The molecule has 0 bridgehead atoms. The maximum Gasteiger partial charge on any atom is 0.263 e. The van der Waals surface area contributed by atoms with Gasteiger partial charge < -0.3 is 20.1 Å². The number of carbonyl (C=O) groups is 1. The fourth-order valence-corrected chi connectivity index (χ4v) is 1.62. The van der Waals surface area contributed by atoms with Gasteiger partial charge in [0.05, 0.1) is 19.9 Å². The molecule has 1 rings (SSSR count). The Bertz CT molecular complexity index is 610. The molecule has 6 heteroatoms. The standard InChI is InChI=1S/C16H21N3O3/c1-16(2,3)19-15(20)11(9-17)10-18-13-7-6-12(21-4)8-14(13)22-5/h6-8,10,18H,1-5H3,(H,19,20)/b11-10-. The molecular formula is C16H21N3O3. The van der Waals surface area contributed by atoms with E-state index < -0.39 is 11.4 Å². The number of hydrogen-bond acceptors (Lipinski definition) is 5. The van der Waals surface area contributed by atoms with Crippen molar-refractivity contribution in [3.8, 4) is 17.6 Å². The summed E-state index contributed by atoms with van der Waals surface area (Å²) in [5.41, 5.74) is 0.192. The maximum absolute atomic E-state index is 12.0. The molecule has 1 aromatic rings. The normalized spacial score (nSPS) is 11.4. The number of methoxy groups -OCH3 is 2. The number of nitrogens with zero attached hydrogens (tertiary/aromatic N) is 1. The highest BCUT2D eigenvalue weighted by Gasteiger charge is 2.17. The van der Waals surface area contributed by atoms with Gasteiger partial charge in [-0.25, -0.2) is 0 Å². The lowest BCUT2D eigenvalue weighted by Crippen LogP contribution is -2.41. The Hall–Kier alpha value is -2.68. The summed E-state index contributed by atoms with van der Waals surface area (Å²) in [6, 6.07) is 7.07. The van der Waals surface area contributed by atoms with Crippen molar-refractivity contribution in [1.29, 1.82) is 5.26 Å². The van der Waals surface area contributed by atoms with Crippen LogP contribution in [0.1, 0.15) is 20.8 Å². The second kappa shape index (κ2) is 7.36. The van der Waals surface area contributed by atoms with Gasteiger partial charge in [0.15, 0.2) is 0 Å². The van der Waals surface area contributed by atoms with Crippen LogP contribution in [0, 0.1) is 11.3 Å². The van der Waals surface area contributed by atoms with Crippen LogP contribution in [0.15, 0.2) is 30.0 Å². The number of hydrogen-bond donors (Lipinski definition) is 2. The first kappa shape index (κ1) is 17.4. The number of carbonyl (C=O) groups excluding carboxylic acids is 1. The minimum absolute atomic E-state index is 0.0206. The number of rotatable bonds is 5. The summed E-state index contributed by atoms with van der Waals surface area (Å²) in [7, 11) is 3.09. The van der Waals surface area contributed by atoms with E-state index >= 15 is 0 Å². The van der Waals surface area contributed by atoms with Crippen molar-refractivity contribution in [2.24, 2.45) is 0 Å². The molecule has 0 fully saturated rings. The van der Waals surface area contributed by atoms with Crippen molar-refractivity contribution in [2.75, 3.05) is 19.5 Å². The molecule has 0 spiro atoms. The zero-order chi connectivity index (χ0) is 16.8. The third-order valence-corrected chi connectivity index (χ3v) is 2.63. The van der Waals surface area contributed by atoms with E-state index in [2.05, 4.69) is 10.6 Å². The first-order valence-electron chi connectivity index (χ1n) is 6.72. The number of benzene rings is 1. The van der Waals surface area contributed by atoms with Gasteiger partial charge in [0.1, 0.15) is 23.1 Å². The van der Waals surface area contributed by atoms with Crippen LogP contribution in [0.3, 0.4) is 0 Å². The van der Waals surface area contributed by atoms with E-state index in [4.69, 9.17) is 14.7 Å². The highest BCUT2D eigenvalue weighted by molar-refractivity contribution is 5.98. The van der Waals surface area contributed by atoms with Crippen molar-refractivity contribution in [1.82, 2.24) is 5.32 Å². The van der Waals surface area contributed by atoms with Crippen LogP contribution < -0.4 is 20.1 Å². The zero-order valence-electron chi connectivity index (χ0n) is 13.5. The Kier molecular flexibility index (Phi) is 5.81. The van der Waals surface area contributed by atoms with Crippen LogP contribution in [-0.4, -0.2) is 25.7 Å². The van der Waals surface area contributed by atoms with Crippen molar-refractivity contribution in [2.45, 2.75) is 26.3 Å². The number of ether oxygens (including phenoxy) is 2. The molecule has 0 heterocycles. The summed E-state index contributed by atoms with van der Waals surface area (Å²) in [5.74, 6) is 0.761. The van der Waals surface area contributed by atoms with Crippen LogP contribution in [-0.2, 0) is 4.79 Å². The lowest BCUT2D eigenvalue weighted by molar-refractivity contribution is -0.118. The largest absolute Gasteiger partial charge is 0.497 e. The van der Waals surface area contributed by atoms with Gasteiger partial charge in [-0.05, 0) is 32.9 Å². The van der Waals surface area contributed by atoms with E-state index in [1.54, 1.807) is 25.3 Å². The summed E-state index contributed by atoms with van der Waals surface area (Å²) < 4.78 is 10.4. The fourth-order valence-electron chi connectivity index (χ4n) is 1.62. The minimum Gasteiger partial charge on any atom is -0.497 e. The number of nitrogens with one attached hydrogen (secondary N) is 2. The van der Waals surface area contributed by atoms with E-state index in [1.165, 1.54) is 13.3 Å². The Balaban J connectivity index is 2.94. The van der Waals surface area contributed by atoms with Crippen molar-refractivity contribution in [3.63, 3.8) is 0 Å². The van der Waals surface area contributed by atoms with Gasteiger partial charge in [0.2, 0.25) is 0 Å². The summed E-state index contributed by atoms with van der Waals surface area (Å²) in [6.45, 7) is 5.54. The smallest absolute Gasteiger partial charge is 0.263 e. The van der Waals surface area contributed by atoms with Crippen molar-refractivity contribution < 1.29 is 14.3 Å². The molecule has 0 unspecified atom stereocenters. The summed E-state index contributed by atoms with van der Waals surface area (Å²) >= 11 is 0. The molecule has 0 radical (unpaired) electrons. The first-order chi connectivity index (χ1) is 10.3. The molecule has 22 heavy (non-hydrogen) atoms. The summed E-state index contributed by atoms with van der Waals surface area (Å²) in [5, 5.41) is 14.7. The lowest BCUT2D eigenvalue weighted by Gasteiger charge is -2.20. The third kappa shape index (κ3) is 5.02. The van der Waals surface area contributed by atoms with Gasteiger partial charge in [-0.2, -0.15) is 5.26 Å². The topological polar surface area (TPSA) is 83.4 Å². The fraction of sp³-hybridized carbons (Fsp3) is 0.375. The molecule has 0 aliphatic heterocycles. The quantitative estimate of drug-likeness (QED) is 0.645. The highest BCUT2D eigenvalue weighted by atomic mass is 16.5. The maximum atomic E-state index is 12.0. The highest BCUT2D eigenvalue weighted by Crippen LogP contribution is 2.29. The molecule has 6 nitrogen and oxygen atoms in total. The molecule has 0 aliphatic rings. The summed E-state index contributed by atoms with van der Waals surface area (Å²) in [4.78, 5) is 12.0. The molecule has 0 aliphatic carbocycles. The minimum atomic E-state index is -0.435. The first-order valence-corrected chi connectivity index (χ1v) is 6.72. The Morgan fingerprint density at radius 2 is 1.95 bits per heavy atom. The monoisotopic (exact) mass is 303 g/mol. The van der Waals surface area contributed by atoms with E-state index in [0.29, 0.717) is 17.2 Å². The molecule has 1 aromatic carbocycles. The van der Waals surface area contributed by atoms with Gasteiger partial charge in [-0.3, -0.25) is 4.79 Å². The Labute approximate surface area is 130 Å². The van der Waals surface area contributed by atoms with Crippen molar-refractivity contribution >= 4 is 11.6 Å². The predicted molar refractivity (Wildman–Crippen MR) is 84.8 cm³/mol. The summed E-state index contributed by atoms with van der Waals surface area (Å²) in [6.07, 6.45) is 1.35. The Morgan fingerprint density at radius 3 is 2.45 bits per heavy atom. The number of amides is 1. The predicted octanol–water partition coefficient (Wildman–Crippen LogP) is 2.44. The molecule has 118 valence electrons. The van der Waals surface area contributed by atoms with Crippen LogP contribution in [0.25, 0.3) is 0 Å². The Morgan fingerprint density at radius 1 is 1.27 bits per heavy atom. The third-order valence-electron chi connectivity index (χ3n) is 2.63. The van der Waals surface area contributed by atoms with Gasteiger partial charge in [-0.15, -0.1) is 0 Å². The van der Waals surface area contributed by atoms with Crippen LogP contribution in [0.2, 0.25) is 0 Å². The van der Waals surface area contributed by atoms with Gasteiger partial charge in [-0.1, -0.05) is 0 Å². The van der Waals surface area contributed by atoms with E-state index in [-0.39, 0.29) is 5.57 Å². The van der Waals surface area contributed by atoms with Gasteiger partial charge in [0, 0.05) is 17.8 Å². The van der Waals surface area contributed by atoms with E-state index in [0.717, 1.165) is 0 Å². The molecule has 0 aromatic heterocycles. The molecule has 0 saturated heterocycles. The van der Waals surface area contributed by atoms with Crippen LogP contribution in [0.4, 0.5) is 5.69 Å². The molecule has 2 N–H and O–H groups in total. The average Bonchev–Trinajstić information content (AvgIpc) is 2.46. The molecular weight excluding hydrogens is 282 g/mol. The average molecular weight is 303 g/mol. The lowest BCUT2D eigenvalue weighted by atomic mass is 10.1. The second-order valence-electron chi connectivity index (χ2n) is 5.58. The SMILES string of the molecule is COc1ccc(N/C=C(/C#N)C(=O)NC(C)(C)C)c(OC)c1. The van der Waals surface area contributed by atoms with E-state index in [1.807, 2.05) is 26.8 Å². The van der Waals surface area contributed by atoms with Crippen LogP contribution in [0.5, 0.6) is 11.5 Å². The number of anilines is 1. The zero-order valence-corrected chi connectivity index (χ0v) is 13.5. The van der Waals surface area contributed by atoms with Crippen molar-refractivity contribution in [3.05, 3.63) is 30.0 Å². The van der Waals surface area contributed by atoms with Gasteiger partial charge in [0.25, 0.3) is 5.91 Å². The van der Waals surface area contributed by atoms with E-state index in [9.17, 15) is 4.79 Å². The second-order valence-corrected chi connectivity index (χ2v) is 5.58. The molecule has 0 atom stereocenters. The number of nitriles is 1.